The minimum atomic E-state index is -0.318. The zero-order chi connectivity index (χ0) is 15.1. The molecule has 0 saturated heterocycles. The van der Waals surface area contributed by atoms with Crippen LogP contribution in [-0.4, -0.2) is 23.9 Å². The predicted octanol–water partition coefficient (Wildman–Crippen LogP) is 3.33. The Kier molecular flexibility index (Phi) is 5.80. The number of rotatable bonds is 5. The SMILES string of the molecule is CCN(Cc1ccccc1)C(=O)C1(CN)CCCCCC1. The van der Waals surface area contributed by atoms with Crippen molar-refractivity contribution in [3.63, 3.8) is 0 Å². The van der Waals surface area contributed by atoms with Gasteiger partial charge in [0, 0.05) is 19.6 Å². The lowest BCUT2D eigenvalue weighted by Gasteiger charge is -2.35. The summed E-state index contributed by atoms with van der Waals surface area (Å²) in [7, 11) is 0. The van der Waals surface area contributed by atoms with Crippen molar-refractivity contribution in [3.8, 4) is 0 Å². The third-order valence-corrected chi connectivity index (χ3v) is 4.79. The van der Waals surface area contributed by atoms with Crippen molar-refractivity contribution in [2.24, 2.45) is 11.1 Å². The van der Waals surface area contributed by atoms with Crippen LogP contribution in [0.1, 0.15) is 51.0 Å². The molecule has 21 heavy (non-hydrogen) atoms. The number of carbonyl (C=O) groups is 1. The van der Waals surface area contributed by atoms with Gasteiger partial charge in [-0.3, -0.25) is 4.79 Å². The number of nitrogens with zero attached hydrogens (tertiary/aromatic N) is 1. The summed E-state index contributed by atoms with van der Waals surface area (Å²) in [5.74, 6) is 0.262. The van der Waals surface area contributed by atoms with E-state index < -0.39 is 0 Å². The molecular weight excluding hydrogens is 260 g/mol. The summed E-state index contributed by atoms with van der Waals surface area (Å²) in [5.41, 5.74) is 6.92. The highest BCUT2D eigenvalue weighted by Crippen LogP contribution is 2.36. The Labute approximate surface area is 128 Å². The molecule has 0 aromatic heterocycles. The maximum Gasteiger partial charge on any atom is 0.230 e. The number of carbonyl (C=O) groups excluding carboxylic acids is 1. The Morgan fingerprint density at radius 1 is 1.14 bits per heavy atom. The number of hydrogen-bond acceptors (Lipinski definition) is 2. The summed E-state index contributed by atoms with van der Waals surface area (Å²) in [6, 6.07) is 10.2. The molecule has 1 saturated carbocycles. The molecular formula is C18H28N2O. The average molecular weight is 288 g/mol. The first-order valence-electron chi connectivity index (χ1n) is 8.25. The Bertz CT molecular complexity index is 436. The number of nitrogens with two attached hydrogens (primary N) is 1. The topological polar surface area (TPSA) is 46.3 Å². The fraction of sp³-hybridized carbons (Fsp3) is 0.611. The summed E-state index contributed by atoms with van der Waals surface area (Å²) in [4.78, 5) is 15.1. The molecule has 3 nitrogen and oxygen atoms in total. The van der Waals surface area contributed by atoms with Gasteiger partial charge in [-0.2, -0.15) is 0 Å². The molecule has 1 aliphatic rings. The fourth-order valence-corrected chi connectivity index (χ4v) is 3.38. The van der Waals surface area contributed by atoms with Crippen LogP contribution in [0.5, 0.6) is 0 Å². The molecule has 3 heteroatoms. The van der Waals surface area contributed by atoms with Crippen molar-refractivity contribution in [1.29, 1.82) is 0 Å². The first-order chi connectivity index (χ1) is 10.2. The Hall–Kier alpha value is -1.35. The van der Waals surface area contributed by atoms with Gasteiger partial charge in [-0.05, 0) is 25.3 Å². The van der Waals surface area contributed by atoms with Gasteiger partial charge in [-0.15, -0.1) is 0 Å². The predicted molar refractivity (Wildman–Crippen MR) is 86.7 cm³/mol. The normalized spacial score (nSPS) is 18.0. The quantitative estimate of drug-likeness (QED) is 0.845. The maximum absolute atomic E-state index is 13.1. The smallest absolute Gasteiger partial charge is 0.230 e. The summed E-state index contributed by atoms with van der Waals surface area (Å²) in [6.45, 7) is 3.98. The summed E-state index contributed by atoms with van der Waals surface area (Å²) < 4.78 is 0. The zero-order valence-corrected chi connectivity index (χ0v) is 13.2. The van der Waals surface area contributed by atoms with Crippen LogP contribution >= 0.6 is 0 Å². The van der Waals surface area contributed by atoms with Gasteiger partial charge in [0.05, 0.1) is 5.41 Å². The van der Waals surface area contributed by atoms with Gasteiger partial charge in [0.15, 0.2) is 0 Å². The largest absolute Gasteiger partial charge is 0.338 e. The average Bonchev–Trinajstić information content (AvgIpc) is 2.79. The molecule has 0 spiro atoms. The van der Waals surface area contributed by atoms with E-state index >= 15 is 0 Å². The molecule has 2 N–H and O–H groups in total. The number of amides is 1. The van der Waals surface area contributed by atoms with Crippen LogP contribution in [0.3, 0.4) is 0 Å². The molecule has 0 aliphatic heterocycles. The second-order valence-electron chi connectivity index (χ2n) is 6.20. The summed E-state index contributed by atoms with van der Waals surface area (Å²) >= 11 is 0. The van der Waals surface area contributed by atoms with E-state index in [1.54, 1.807) is 0 Å². The lowest BCUT2D eigenvalue weighted by Crippen LogP contribution is -2.47. The van der Waals surface area contributed by atoms with E-state index in [-0.39, 0.29) is 11.3 Å². The molecule has 0 heterocycles. The van der Waals surface area contributed by atoms with E-state index in [1.807, 2.05) is 23.1 Å². The van der Waals surface area contributed by atoms with Crippen LogP contribution in [0.15, 0.2) is 30.3 Å². The Morgan fingerprint density at radius 3 is 2.29 bits per heavy atom. The van der Waals surface area contributed by atoms with Crippen molar-refractivity contribution in [2.45, 2.75) is 52.0 Å². The Morgan fingerprint density at radius 2 is 1.76 bits per heavy atom. The highest BCUT2D eigenvalue weighted by molar-refractivity contribution is 5.83. The third-order valence-electron chi connectivity index (χ3n) is 4.79. The third kappa shape index (κ3) is 3.85. The van der Waals surface area contributed by atoms with Crippen LogP contribution in [-0.2, 0) is 11.3 Å². The minimum Gasteiger partial charge on any atom is -0.338 e. The van der Waals surface area contributed by atoms with Gasteiger partial charge < -0.3 is 10.6 Å². The zero-order valence-electron chi connectivity index (χ0n) is 13.2. The highest BCUT2D eigenvalue weighted by Gasteiger charge is 2.39. The van der Waals surface area contributed by atoms with Crippen LogP contribution < -0.4 is 5.73 Å². The molecule has 1 amide bonds. The van der Waals surface area contributed by atoms with E-state index in [0.717, 1.165) is 32.2 Å². The van der Waals surface area contributed by atoms with Crippen LogP contribution in [0, 0.1) is 5.41 Å². The van der Waals surface area contributed by atoms with Crippen molar-refractivity contribution in [1.82, 2.24) is 4.90 Å². The molecule has 0 bridgehead atoms. The van der Waals surface area contributed by atoms with E-state index in [9.17, 15) is 4.79 Å². The van der Waals surface area contributed by atoms with Gasteiger partial charge in [0.1, 0.15) is 0 Å². The molecule has 0 radical (unpaired) electrons. The lowest BCUT2D eigenvalue weighted by atomic mass is 9.79. The van der Waals surface area contributed by atoms with Crippen molar-refractivity contribution in [3.05, 3.63) is 35.9 Å². The van der Waals surface area contributed by atoms with E-state index in [1.165, 1.54) is 18.4 Å². The fourth-order valence-electron chi connectivity index (χ4n) is 3.38. The summed E-state index contributed by atoms with van der Waals surface area (Å²) in [6.07, 6.45) is 6.64. The first-order valence-corrected chi connectivity index (χ1v) is 8.25. The van der Waals surface area contributed by atoms with E-state index in [2.05, 4.69) is 19.1 Å². The Balaban J connectivity index is 2.13. The molecule has 1 aliphatic carbocycles. The maximum atomic E-state index is 13.1. The van der Waals surface area contributed by atoms with Crippen molar-refractivity contribution >= 4 is 5.91 Å². The van der Waals surface area contributed by atoms with E-state index in [4.69, 9.17) is 5.73 Å². The van der Waals surface area contributed by atoms with Crippen LogP contribution in [0.4, 0.5) is 0 Å². The molecule has 2 rings (SSSR count). The molecule has 0 atom stereocenters. The van der Waals surface area contributed by atoms with E-state index in [0.29, 0.717) is 13.1 Å². The van der Waals surface area contributed by atoms with Crippen molar-refractivity contribution < 1.29 is 4.79 Å². The van der Waals surface area contributed by atoms with Crippen molar-refractivity contribution in [2.75, 3.05) is 13.1 Å². The standard InChI is InChI=1S/C18H28N2O/c1-2-20(14-16-10-6-5-7-11-16)17(21)18(15-19)12-8-3-4-9-13-18/h5-7,10-11H,2-4,8-9,12-15,19H2,1H3. The first kappa shape index (κ1) is 16.0. The number of hydrogen-bond donors (Lipinski definition) is 1. The van der Waals surface area contributed by atoms with Gasteiger partial charge in [-0.25, -0.2) is 0 Å². The molecule has 0 unspecified atom stereocenters. The highest BCUT2D eigenvalue weighted by atomic mass is 16.2. The second-order valence-corrected chi connectivity index (χ2v) is 6.20. The molecule has 1 aromatic carbocycles. The van der Waals surface area contributed by atoms with Crippen LogP contribution in [0.25, 0.3) is 0 Å². The van der Waals surface area contributed by atoms with Gasteiger partial charge in [0.25, 0.3) is 0 Å². The van der Waals surface area contributed by atoms with Gasteiger partial charge >= 0.3 is 0 Å². The monoisotopic (exact) mass is 288 g/mol. The summed E-state index contributed by atoms with van der Waals surface area (Å²) in [5, 5.41) is 0. The molecule has 116 valence electrons. The minimum absolute atomic E-state index is 0.262. The number of benzene rings is 1. The van der Waals surface area contributed by atoms with Gasteiger partial charge in [-0.1, -0.05) is 56.0 Å². The molecule has 1 fully saturated rings. The van der Waals surface area contributed by atoms with Gasteiger partial charge in [0.2, 0.25) is 5.91 Å². The second kappa shape index (κ2) is 7.60. The lowest BCUT2D eigenvalue weighted by molar-refractivity contribution is -0.143. The van der Waals surface area contributed by atoms with Crippen LogP contribution in [0.2, 0.25) is 0 Å². The molecule has 1 aromatic rings.